The first kappa shape index (κ1) is 13.2. The lowest BCUT2D eigenvalue weighted by atomic mass is 10.1. The summed E-state index contributed by atoms with van der Waals surface area (Å²) in [5, 5.41) is 15.9. The fraction of sp³-hybridized carbons (Fsp3) is 0.889. The van der Waals surface area contributed by atoms with Crippen molar-refractivity contribution in [1.82, 2.24) is 4.90 Å². The summed E-state index contributed by atoms with van der Waals surface area (Å²) in [6.07, 6.45) is -3.03. The Morgan fingerprint density at radius 3 is 2.62 bits per heavy atom. The number of halogens is 3. The SMILES string of the molecule is N=C(N)C(CN1CCCC1CO)C(F)(F)F. The molecule has 1 fully saturated rings. The van der Waals surface area contributed by atoms with Crippen molar-refractivity contribution in [1.29, 1.82) is 5.41 Å². The van der Waals surface area contributed by atoms with Gasteiger partial charge < -0.3 is 10.8 Å². The molecule has 0 radical (unpaired) electrons. The molecule has 2 atom stereocenters. The van der Waals surface area contributed by atoms with Gasteiger partial charge in [-0.1, -0.05) is 0 Å². The standard InChI is InChI=1S/C9H16F3N3O/c10-9(11,12)7(8(13)14)4-15-3-1-2-6(15)5-16/h6-7,16H,1-5H2,(H3,13,14). The van der Waals surface area contributed by atoms with E-state index >= 15 is 0 Å². The Labute approximate surface area is 91.7 Å². The summed E-state index contributed by atoms with van der Waals surface area (Å²) in [6.45, 7) is 0.0393. The predicted molar refractivity (Wildman–Crippen MR) is 53.1 cm³/mol. The quantitative estimate of drug-likeness (QED) is 0.495. The molecule has 0 spiro atoms. The van der Waals surface area contributed by atoms with Crippen molar-refractivity contribution in [2.45, 2.75) is 25.1 Å². The summed E-state index contributed by atoms with van der Waals surface area (Å²) in [5.41, 5.74) is 4.96. The fourth-order valence-corrected chi connectivity index (χ4v) is 1.95. The van der Waals surface area contributed by atoms with Gasteiger partial charge in [-0.05, 0) is 19.4 Å². The van der Waals surface area contributed by atoms with Crippen LogP contribution in [0.1, 0.15) is 12.8 Å². The summed E-state index contributed by atoms with van der Waals surface area (Å²) in [4.78, 5) is 1.56. The molecule has 0 aliphatic carbocycles. The van der Waals surface area contributed by atoms with E-state index in [9.17, 15) is 13.2 Å². The summed E-state index contributed by atoms with van der Waals surface area (Å²) in [5.74, 6) is -2.80. The van der Waals surface area contributed by atoms with Gasteiger partial charge in [0.25, 0.3) is 0 Å². The Morgan fingerprint density at radius 1 is 1.56 bits per heavy atom. The average Bonchev–Trinajstić information content (AvgIpc) is 2.58. The van der Waals surface area contributed by atoms with Gasteiger partial charge >= 0.3 is 6.18 Å². The average molecular weight is 239 g/mol. The third-order valence-corrected chi connectivity index (χ3v) is 2.90. The van der Waals surface area contributed by atoms with E-state index in [1.54, 1.807) is 4.90 Å². The van der Waals surface area contributed by atoms with Crippen LogP contribution >= 0.6 is 0 Å². The Morgan fingerprint density at radius 2 is 2.19 bits per heavy atom. The normalized spacial score (nSPS) is 24.6. The molecule has 0 aromatic rings. The molecule has 4 nitrogen and oxygen atoms in total. The van der Waals surface area contributed by atoms with Crippen molar-refractivity contribution in [3.63, 3.8) is 0 Å². The molecular formula is C9H16F3N3O. The van der Waals surface area contributed by atoms with E-state index in [2.05, 4.69) is 0 Å². The smallest absolute Gasteiger partial charge is 0.395 e. The molecule has 4 N–H and O–H groups in total. The Balaban J connectivity index is 2.65. The van der Waals surface area contributed by atoms with Crippen molar-refractivity contribution < 1.29 is 18.3 Å². The summed E-state index contributed by atoms with van der Waals surface area (Å²) < 4.78 is 37.6. The highest BCUT2D eigenvalue weighted by molar-refractivity contribution is 5.80. The lowest BCUT2D eigenvalue weighted by Crippen LogP contribution is -2.46. The van der Waals surface area contributed by atoms with Gasteiger partial charge in [0.2, 0.25) is 0 Å². The molecule has 16 heavy (non-hydrogen) atoms. The molecule has 0 aromatic heterocycles. The van der Waals surface area contributed by atoms with Gasteiger partial charge in [-0.2, -0.15) is 13.2 Å². The maximum absolute atomic E-state index is 12.5. The van der Waals surface area contributed by atoms with Crippen LogP contribution in [0.5, 0.6) is 0 Å². The van der Waals surface area contributed by atoms with Gasteiger partial charge in [0.1, 0.15) is 11.8 Å². The van der Waals surface area contributed by atoms with Crippen LogP contribution in [0.2, 0.25) is 0 Å². The maximum atomic E-state index is 12.5. The molecular weight excluding hydrogens is 223 g/mol. The zero-order chi connectivity index (χ0) is 12.3. The van der Waals surface area contributed by atoms with E-state index in [-0.39, 0.29) is 19.2 Å². The summed E-state index contributed by atoms with van der Waals surface area (Å²) in [7, 11) is 0. The van der Waals surface area contributed by atoms with E-state index in [0.29, 0.717) is 13.0 Å². The summed E-state index contributed by atoms with van der Waals surface area (Å²) in [6, 6.07) is -0.232. The Hall–Kier alpha value is -0.820. The number of hydrogen-bond donors (Lipinski definition) is 3. The number of rotatable bonds is 4. The molecule has 0 aromatic carbocycles. The van der Waals surface area contributed by atoms with E-state index < -0.39 is 17.9 Å². The van der Waals surface area contributed by atoms with Crippen LogP contribution in [0, 0.1) is 11.3 Å². The van der Waals surface area contributed by atoms with Crippen LogP contribution in [0.15, 0.2) is 0 Å². The number of aliphatic hydroxyl groups excluding tert-OH is 1. The maximum Gasteiger partial charge on any atom is 0.399 e. The molecule has 1 saturated heterocycles. The Bertz CT molecular complexity index is 257. The number of likely N-dealkylation sites (tertiary alicyclic amines) is 1. The van der Waals surface area contributed by atoms with Crippen LogP contribution in [0.25, 0.3) is 0 Å². The molecule has 2 unspecified atom stereocenters. The zero-order valence-electron chi connectivity index (χ0n) is 8.80. The number of aliphatic hydroxyl groups is 1. The first-order valence-corrected chi connectivity index (χ1v) is 5.11. The zero-order valence-corrected chi connectivity index (χ0v) is 8.80. The van der Waals surface area contributed by atoms with E-state index in [4.69, 9.17) is 16.2 Å². The topological polar surface area (TPSA) is 73.3 Å². The van der Waals surface area contributed by atoms with Crippen molar-refractivity contribution in [3.05, 3.63) is 0 Å². The van der Waals surface area contributed by atoms with Crippen molar-refractivity contribution >= 4 is 5.84 Å². The number of alkyl halides is 3. The van der Waals surface area contributed by atoms with Crippen LogP contribution in [-0.4, -0.2) is 47.8 Å². The highest BCUT2D eigenvalue weighted by Crippen LogP contribution is 2.29. The van der Waals surface area contributed by atoms with Crippen molar-refractivity contribution in [2.75, 3.05) is 19.7 Å². The van der Waals surface area contributed by atoms with Gasteiger partial charge in [-0.25, -0.2) is 0 Å². The second kappa shape index (κ2) is 5.01. The molecule has 7 heteroatoms. The molecule has 94 valence electrons. The molecule has 1 rings (SSSR count). The highest BCUT2D eigenvalue weighted by Gasteiger charge is 2.44. The van der Waals surface area contributed by atoms with Crippen molar-refractivity contribution in [3.8, 4) is 0 Å². The minimum atomic E-state index is -4.49. The van der Waals surface area contributed by atoms with Gasteiger partial charge in [-0.3, -0.25) is 10.3 Å². The third kappa shape index (κ3) is 3.08. The van der Waals surface area contributed by atoms with E-state index in [1.165, 1.54) is 0 Å². The van der Waals surface area contributed by atoms with E-state index in [0.717, 1.165) is 6.42 Å². The second-order valence-electron chi connectivity index (χ2n) is 4.02. The first-order valence-electron chi connectivity index (χ1n) is 5.11. The summed E-state index contributed by atoms with van der Waals surface area (Å²) >= 11 is 0. The number of amidine groups is 1. The van der Waals surface area contributed by atoms with Gasteiger partial charge in [0, 0.05) is 12.6 Å². The first-order chi connectivity index (χ1) is 7.36. The molecule has 1 aliphatic rings. The van der Waals surface area contributed by atoms with Gasteiger partial charge in [0.15, 0.2) is 0 Å². The minimum absolute atomic E-state index is 0.150. The third-order valence-electron chi connectivity index (χ3n) is 2.90. The number of hydrogen-bond acceptors (Lipinski definition) is 3. The molecule has 1 heterocycles. The van der Waals surface area contributed by atoms with Crippen LogP contribution in [0.4, 0.5) is 13.2 Å². The van der Waals surface area contributed by atoms with Gasteiger partial charge in [-0.15, -0.1) is 0 Å². The second-order valence-corrected chi connectivity index (χ2v) is 4.02. The Kier molecular flexibility index (Phi) is 4.15. The minimum Gasteiger partial charge on any atom is -0.395 e. The van der Waals surface area contributed by atoms with Crippen molar-refractivity contribution in [2.24, 2.45) is 11.7 Å². The number of nitrogens with two attached hydrogens (primary N) is 1. The monoisotopic (exact) mass is 239 g/mol. The van der Waals surface area contributed by atoms with E-state index in [1.807, 2.05) is 0 Å². The number of nitrogens with zero attached hydrogens (tertiary/aromatic N) is 1. The van der Waals surface area contributed by atoms with Crippen LogP contribution in [-0.2, 0) is 0 Å². The van der Waals surface area contributed by atoms with Crippen LogP contribution < -0.4 is 5.73 Å². The van der Waals surface area contributed by atoms with Crippen LogP contribution in [0.3, 0.4) is 0 Å². The largest absolute Gasteiger partial charge is 0.399 e. The molecule has 0 amide bonds. The lowest BCUT2D eigenvalue weighted by Gasteiger charge is -2.28. The number of nitrogens with one attached hydrogen (secondary N) is 1. The van der Waals surface area contributed by atoms with Gasteiger partial charge in [0.05, 0.1) is 6.61 Å². The molecule has 0 saturated carbocycles. The predicted octanol–water partition coefficient (Wildman–Crippen LogP) is 0.558. The fourth-order valence-electron chi connectivity index (χ4n) is 1.95. The molecule has 1 aliphatic heterocycles. The molecule has 0 bridgehead atoms. The lowest BCUT2D eigenvalue weighted by molar-refractivity contribution is -0.160. The highest BCUT2D eigenvalue weighted by atomic mass is 19.4.